The van der Waals surface area contributed by atoms with Gasteiger partial charge < -0.3 is 15.7 Å². The molecule has 14 heavy (non-hydrogen) atoms. The summed E-state index contributed by atoms with van der Waals surface area (Å²) in [6.07, 6.45) is 3.79. The van der Waals surface area contributed by atoms with E-state index in [0.29, 0.717) is 5.75 Å². The van der Waals surface area contributed by atoms with E-state index in [9.17, 15) is 9.59 Å². The number of urea groups is 1. The number of hydrogen-bond donors (Lipinski definition) is 3. The zero-order valence-corrected chi connectivity index (χ0v) is 8.76. The summed E-state index contributed by atoms with van der Waals surface area (Å²) in [5.41, 5.74) is 0. The van der Waals surface area contributed by atoms with E-state index >= 15 is 0 Å². The van der Waals surface area contributed by atoms with E-state index in [1.54, 1.807) is 6.26 Å². The highest BCUT2D eigenvalue weighted by Gasteiger charge is 2.25. The number of rotatable bonds is 5. The molecule has 5 nitrogen and oxygen atoms in total. The molecule has 1 aliphatic carbocycles. The zero-order valence-electron chi connectivity index (χ0n) is 7.95. The Morgan fingerprint density at radius 2 is 2.21 bits per heavy atom. The quantitative estimate of drug-likeness (QED) is 0.618. The van der Waals surface area contributed by atoms with Crippen LogP contribution in [-0.4, -0.2) is 41.2 Å². The standard InChI is InChI=1S/C8H14N2O3S/c1-14-4-6(7(11)12)10-8(13)9-5-2-3-5/h5-6H,2-4H2,1H3,(H,11,12)(H2,9,10,13). The normalized spacial score (nSPS) is 17.2. The van der Waals surface area contributed by atoms with Crippen LogP contribution in [0, 0.1) is 0 Å². The van der Waals surface area contributed by atoms with Crippen LogP contribution < -0.4 is 10.6 Å². The Bertz CT molecular complexity index is 231. The number of amides is 2. The smallest absolute Gasteiger partial charge is 0.327 e. The van der Waals surface area contributed by atoms with Crippen LogP contribution in [0.3, 0.4) is 0 Å². The van der Waals surface area contributed by atoms with Crippen molar-refractivity contribution in [2.24, 2.45) is 0 Å². The average molecular weight is 218 g/mol. The molecular weight excluding hydrogens is 204 g/mol. The largest absolute Gasteiger partial charge is 0.480 e. The van der Waals surface area contributed by atoms with Crippen LogP contribution in [0.5, 0.6) is 0 Å². The summed E-state index contributed by atoms with van der Waals surface area (Å²) in [4.78, 5) is 21.9. The number of carbonyl (C=O) groups excluding carboxylic acids is 1. The predicted molar refractivity (Wildman–Crippen MR) is 54.5 cm³/mol. The van der Waals surface area contributed by atoms with Crippen molar-refractivity contribution >= 4 is 23.8 Å². The van der Waals surface area contributed by atoms with Crippen LogP contribution in [-0.2, 0) is 4.79 Å². The van der Waals surface area contributed by atoms with Gasteiger partial charge in [0.25, 0.3) is 0 Å². The van der Waals surface area contributed by atoms with Gasteiger partial charge in [0.15, 0.2) is 0 Å². The molecule has 0 aromatic heterocycles. The lowest BCUT2D eigenvalue weighted by atomic mass is 10.3. The highest BCUT2D eigenvalue weighted by molar-refractivity contribution is 7.98. The van der Waals surface area contributed by atoms with Gasteiger partial charge in [0.1, 0.15) is 6.04 Å². The van der Waals surface area contributed by atoms with Crippen LogP contribution in [0.15, 0.2) is 0 Å². The van der Waals surface area contributed by atoms with E-state index in [2.05, 4.69) is 10.6 Å². The summed E-state index contributed by atoms with van der Waals surface area (Å²) in [5.74, 6) is -0.613. The molecule has 0 aromatic carbocycles. The molecule has 1 aliphatic rings. The minimum Gasteiger partial charge on any atom is -0.480 e. The Morgan fingerprint density at radius 1 is 1.57 bits per heavy atom. The summed E-state index contributed by atoms with van der Waals surface area (Å²) in [5, 5.41) is 13.8. The predicted octanol–water partition coefficient (Wildman–Crippen LogP) is 0.264. The molecule has 1 saturated carbocycles. The number of hydrogen-bond acceptors (Lipinski definition) is 3. The lowest BCUT2D eigenvalue weighted by molar-refractivity contribution is -0.138. The Labute approximate surface area is 86.6 Å². The molecule has 3 N–H and O–H groups in total. The maximum Gasteiger partial charge on any atom is 0.327 e. The summed E-state index contributed by atoms with van der Waals surface area (Å²) in [6.45, 7) is 0. The van der Waals surface area contributed by atoms with Crippen LogP contribution in [0.1, 0.15) is 12.8 Å². The van der Waals surface area contributed by atoms with E-state index in [4.69, 9.17) is 5.11 Å². The topological polar surface area (TPSA) is 78.4 Å². The number of thioether (sulfide) groups is 1. The average Bonchev–Trinajstić information content (AvgIpc) is 2.87. The molecule has 1 rings (SSSR count). The van der Waals surface area contributed by atoms with Crippen molar-refractivity contribution in [3.63, 3.8) is 0 Å². The van der Waals surface area contributed by atoms with Crippen molar-refractivity contribution in [2.45, 2.75) is 24.9 Å². The molecule has 0 aliphatic heterocycles. The van der Waals surface area contributed by atoms with Gasteiger partial charge in [-0.05, 0) is 19.1 Å². The Morgan fingerprint density at radius 3 is 2.64 bits per heavy atom. The number of carboxylic acid groups (broad SMARTS) is 1. The van der Waals surface area contributed by atoms with Gasteiger partial charge in [0.05, 0.1) is 0 Å². The molecule has 0 saturated heterocycles. The third kappa shape index (κ3) is 3.87. The van der Waals surface area contributed by atoms with Crippen molar-refractivity contribution in [1.29, 1.82) is 0 Å². The van der Waals surface area contributed by atoms with Gasteiger partial charge in [-0.15, -0.1) is 0 Å². The van der Waals surface area contributed by atoms with Crippen molar-refractivity contribution in [1.82, 2.24) is 10.6 Å². The number of carbonyl (C=O) groups is 2. The van der Waals surface area contributed by atoms with Crippen LogP contribution >= 0.6 is 11.8 Å². The second-order valence-electron chi connectivity index (χ2n) is 3.24. The van der Waals surface area contributed by atoms with Gasteiger partial charge in [-0.25, -0.2) is 9.59 Å². The minimum absolute atomic E-state index is 0.249. The third-order valence-electron chi connectivity index (χ3n) is 1.85. The van der Waals surface area contributed by atoms with Crippen LogP contribution in [0.25, 0.3) is 0 Å². The molecule has 6 heteroatoms. The van der Waals surface area contributed by atoms with E-state index in [0.717, 1.165) is 12.8 Å². The molecule has 0 bridgehead atoms. The summed E-state index contributed by atoms with van der Waals surface area (Å²) < 4.78 is 0. The van der Waals surface area contributed by atoms with Gasteiger partial charge in [0, 0.05) is 11.8 Å². The first-order valence-electron chi connectivity index (χ1n) is 4.42. The number of carboxylic acids is 1. The Hall–Kier alpha value is -0.910. The van der Waals surface area contributed by atoms with Gasteiger partial charge in [-0.1, -0.05) is 0 Å². The van der Waals surface area contributed by atoms with Gasteiger partial charge >= 0.3 is 12.0 Å². The zero-order chi connectivity index (χ0) is 10.6. The molecule has 1 unspecified atom stereocenters. The lowest BCUT2D eigenvalue weighted by Crippen LogP contribution is -2.47. The fraction of sp³-hybridized carbons (Fsp3) is 0.750. The van der Waals surface area contributed by atoms with Gasteiger partial charge in [0.2, 0.25) is 0 Å². The van der Waals surface area contributed by atoms with E-state index < -0.39 is 12.0 Å². The fourth-order valence-electron chi connectivity index (χ4n) is 0.954. The van der Waals surface area contributed by atoms with Crippen LogP contribution in [0.2, 0.25) is 0 Å². The minimum atomic E-state index is -0.995. The van der Waals surface area contributed by atoms with Gasteiger partial charge in [-0.2, -0.15) is 11.8 Å². The van der Waals surface area contributed by atoms with Crippen molar-refractivity contribution in [3.8, 4) is 0 Å². The molecule has 1 fully saturated rings. The first-order valence-corrected chi connectivity index (χ1v) is 5.81. The molecule has 0 heterocycles. The Kier molecular flexibility index (Phi) is 4.06. The molecule has 0 spiro atoms. The molecule has 2 amide bonds. The number of aliphatic carboxylic acids is 1. The molecule has 0 aromatic rings. The third-order valence-corrected chi connectivity index (χ3v) is 2.52. The summed E-state index contributed by atoms with van der Waals surface area (Å²) in [6, 6.07) is -0.934. The molecule has 0 radical (unpaired) electrons. The molecule has 1 atom stereocenters. The SMILES string of the molecule is CSCC(NC(=O)NC1CC1)C(=O)O. The highest BCUT2D eigenvalue weighted by Crippen LogP contribution is 2.18. The van der Waals surface area contributed by atoms with E-state index in [1.165, 1.54) is 11.8 Å². The first kappa shape index (κ1) is 11.2. The maximum absolute atomic E-state index is 11.2. The molecular formula is C8H14N2O3S. The van der Waals surface area contributed by atoms with Crippen molar-refractivity contribution < 1.29 is 14.7 Å². The van der Waals surface area contributed by atoms with Crippen LogP contribution in [0.4, 0.5) is 4.79 Å². The summed E-state index contributed by atoms with van der Waals surface area (Å²) >= 11 is 1.39. The van der Waals surface area contributed by atoms with Gasteiger partial charge in [-0.3, -0.25) is 0 Å². The number of nitrogens with one attached hydrogen (secondary N) is 2. The second kappa shape index (κ2) is 5.09. The second-order valence-corrected chi connectivity index (χ2v) is 4.15. The van der Waals surface area contributed by atoms with Crippen molar-refractivity contribution in [2.75, 3.05) is 12.0 Å². The van der Waals surface area contributed by atoms with E-state index in [-0.39, 0.29) is 12.1 Å². The molecule has 80 valence electrons. The summed E-state index contributed by atoms with van der Waals surface area (Å²) in [7, 11) is 0. The lowest BCUT2D eigenvalue weighted by Gasteiger charge is -2.13. The maximum atomic E-state index is 11.2. The Balaban J connectivity index is 2.29. The van der Waals surface area contributed by atoms with E-state index in [1.807, 2.05) is 0 Å². The highest BCUT2D eigenvalue weighted by atomic mass is 32.2. The van der Waals surface area contributed by atoms with Crippen molar-refractivity contribution in [3.05, 3.63) is 0 Å². The first-order chi connectivity index (χ1) is 6.63. The fourth-order valence-corrected chi connectivity index (χ4v) is 1.51. The monoisotopic (exact) mass is 218 g/mol.